The van der Waals surface area contributed by atoms with Gasteiger partial charge in [0.15, 0.2) is 0 Å². The van der Waals surface area contributed by atoms with E-state index >= 15 is 0 Å². The van der Waals surface area contributed by atoms with E-state index in [4.69, 9.17) is 0 Å². The van der Waals surface area contributed by atoms with Gasteiger partial charge in [-0.3, -0.25) is 0 Å². The van der Waals surface area contributed by atoms with E-state index in [9.17, 15) is 8.42 Å². The molecule has 0 spiro atoms. The van der Waals surface area contributed by atoms with Gasteiger partial charge in [-0.05, 0) is 27.7 Å². The Balaban J connectivity index is 2.85. The summed E-state index contributed by atoms with van der Waals surface area (Å²) < 4.78 is 25.5. The molecule has 2 atom stereocenters. The lowest BCUT2D eigenvalue weighted by atomic mass is 10.2. The van der Waals surface area contributed by atoms with E-state index < -0.39 is 10.0 Å². The van der Waals surface area contributed by atoms with Gasteiger partial charge < -0.3 is 5.32 Å². The average Bonchev–Trinajstić information content (AvgIpc) is 2.08. The van der Waals surface area contributed by atoms with Crippen molar-refractivity contribution in [3.8, 4) is 0 Å². The molecule has 1 fully saturated rings. The highest BCUT2D eigenvalue weighted by atomic mass is 32.2. The molecule has 0 aromatic rings. The number of hydrogen-bond acceptors (Lipinski definition) is 3. The molecule has 0 bridgehead atoms. The van der Waals surface area contributed by atoms with Crippen molar-refractivity contribution in [2.45, 2.75) is 45.0 Å². The maximum absolute atomic E-state index is 11.9. The topological polar surface area (TPSA) is 49.4 Å². The van der Waals surface area contributed by atoms with Crippen molar-refractivity contribution in [1.29, 1.82) is 0 Å². The predicted molar refractivity (Wildman–Crippen MR) is 57.7 cm³/mol. The summed E-state index contributed by atoms with van der Waals surface area (Å²) in [6, 6.07) is 0.318. The first-order valence-corrected chi connectivity index (χ1v) is 6.60. The van der Waals surface area contributed by atoms with Crippen molar-refractivity contribution in [1.82, 2.24) is 9.62 Å². The van der Waals surface area contributed by atoms with Crippen LogP contribution in [-0.2, 0) is 10.0 Å². The molecule has 1 heterocycles. The molecule has 14 heavy (non-hydrogen) atoms. The highest BCUT2D eigenvalue weighted by Crippen LogP contribution is 2.16. The fraction of sp³-hybridized carbons (Fsp3) is 1.00. The molecule has 0 saturated carbocycles. The second kappa shape index (κ2) is 4.16. The minimum atomic E-state index is -3.09. The van der Waals surface area contributed by atoms with Crippen LogP contribution in [0.1, 0.15) is 27.7 Å². The van der Waals surface area contributed by atoms with Crippen LogP contribution in [0.2, 0.25) is 0 Å². The van der Waals surface area contributed by atoms with Crippen molar-refractivity contribution in [3.63, 3.8) is 0 Å². The molecule has 4 nitrogen and oxygen atoms in total. The lowest BCUT2D eigenvalue weighted by Gasteiger charge is -2.37. The molecule has 0 aromatic carbocycles. The molecule has 1 N–H and O–H groups in total. The lowest BCUT2D eigenvalue weighted by Crippen LogP contribution is -2.57. The summed E-state index contributed by atoms with van der Waals surface area (Å²) in [5.41, 5.74) is 0. The summed E-state index contributed by atoms with van der Waals surface area (Å²) in [5.74, 6) is 0. The highest BCUT2D eigenvalue weighted by molar-refractivity contribution is 7.89. The second-order valence-electron chi connectivity index (χ2n) is 4.32. The van der Waals surface area contributed by atoms with Crippen LogP contribution >= 0.6 is 0 Å². The highest BCUT2D eigenvalue weighted by Gasteiger charge is 2.33. The van der Waals surface area contributed by atoms with Crippen molar-refractivity contribution < 1.29 is 8.42 Å². The first kappa shape index (κ1) is 11.9. The van der Waals surface area contributed by atoms with Crippen LogP contribution in [0, 0.1) is 0 Å². The first-order chi connectivity index (χ1) is 6.35. The third-order valence-electron chi connectivity index (χ3n) is 2.63. The monoisotopic (exact) mass is 220 g/mol. The Hall–Kier alpha value is -0.130. The van der Waals surface area contributed by atoms with Crippen LogP contribution < -0.4 is 5.32 Å². The smallest absolute Gasteiger partial charge is 0.216 e. The van der Waals surface area contributed by atoms with Gasteiger partial charge in [-0.1, -0.05) is 0 Å². The molecule has 1 saturated heterocycles. The molecule has 0 radical (unpaired) electrons. The lowest BCUT2D eigenvalue weighted by molar-refractivity contribution is 0.243. The largest absolute Gasteiger partial charge is 0.311 e. The Morgan fingerprint density at radius 3 is 2.43 bits per heavy atom. The van der Waals surface area contributed by atoms with Crippen molar-refractivity contribution in [3.05, 3.63) is 0 Å². The average molecular weight is 220 g/mol. The standard InChI is InChI=1S/C9H20N2O2S/c1-7(2)14(12,13)11-6-8(3)10-5-9(11)4/h7-10H,5-6H2,1-4H3. The van der Waals surface area contributed by atoms with Gasteiger partial charge in [0.1, 0.15) is 0 Å². The molecular formula is C9H20N2O2S. The number of hydrogen-bond donors (Lipinski definition) is 1. The first-order valence-electron chi connectivity index (χ1n) is 5.09. The zero-order valence-electron chi connectivity index (χ0n) is 9.32. The van der Waals surface area contributed by atoms with E-state index in [-0.39, 0.29) is 17.3 Å². The molecule has 2 unspecified atom stereocenters. The van der Waals surface area contributed by atoms with Crippen molar-refractivity contribution in [2.24, 2.45) is 0 Å². The molecular weight excluding hydrogens is 200 g/mol. The van der Waals surface area contributed by atoms with Crippen molar-refractivity contribution in [2.75, 3.05) is 13.1 Å². The molecule has 0 aliphatic carbocycles. The maximum atomic E-state index is 11.9. The summed E-state index contributed by atoms with van der Waals surface area (Å²) in [6.07, 6.45) is 0. The van der Waals surface area contributed by atoms with Gasteiger partial charge in [-0.2, -0.15) is 4.31 Å². The van der Waals surface area contributed by atoms with Crippen LogP contribution in [0.5, 0.6) is 0 Å². The van der Waals surface area contributed by atoms with Crippen LogP contribution in [0.4, 0.5) is 0 Å². The van der Waals surface area contributed by atoms with E-state index in [0.29, 0.717) is 6.54 Å². The van der Waals surface area contributed by atoms with Gasteiger partial charge in [0, 0.05) is 25.2 Å². The van der Waals surface area contributed by atoms with Crippen LogP contribution in [0.15, 0.2) is 0 Å². The van der Waals surface area contributed by atoms with E-state index in [0.717, 1.165) is 6.54 Å². The van der Waals surface area contributed by atoms with Gasteiger partial charge in [0.25, 0.3) is 0 Å². The Morgan fingerprint density at radius 1 is 1.36 bits per heavy atom. The van der Waals surface area contributed by atoms with Gasteiger partial charge in [0.05, 0.1) is 5.25 Å². The summed E-state index contributed by atoms with van der Waals surface area (Å²) in [6.45, 7) is 8.74. The molecule has 0 aromatic heterocycles. The third kappa shape index (κ3) is 2.27. The number of piperazine rings is 1. The Morgan fingerprint density at radius 2 is 1.93 bits per heavy atom. The van der Waals surface area contributed by atoms with Gasteiger partial charge in [-0.25, -0.2) is 8.42 Å². The fourth-order valence-corrected chi connectivity index (χ4v) is 3.16. The quantitative estimate of drug-likeness (QED) is 0.733. The Kier molecular flexibility index (Phi) is 3.55. The van der Waals surface area contributed by atoms with E-state index in [1.807, 2.05) is 13.8 Å². The van der Waals surface area contributed by atoms with E-state index in [2.05, 4.69) is 5.32 Å². The minimum Gasteiger partial charge on any atom is -0.311 e. The Labute approximate surface area is 86.7 Å². The molecule has 5 heteroatoms. The zero-order valence-corrected chi connectivity index (χ0v) is 10.1. The Bertz CT molecular complexity index is 287. The number of sulfonamides is 1. The molecule has 1 rings (SSSR count). The molecule has 1 aliphatic heterocycles. The van der Waals surface area contributed by atoms with E-state index in [1.165, 1.54) is 0 Å². The number of nitrogens with zero attached hydrogens (tertiary/aromatic N) is 1. The normalized spacial score (nSPS) is 30.9. The SMILES string of the molecule is CC1CN(S(=O)(=O)C(C)C)C(C)CN1. The maximum Gasteiger partial charge on any atom is 0.216 e. The van der Waals surface area contributed by atoms with Gasteiger partial charge in [0.2, 0.25) is 10.0 Å². The zero-order chi connectivity index (χ0) is 10.9. The molecule has 84 valence electrons. The van der Waals surface area contributed by atoms with Crippen LogP contribution in [0.25, 0.3) is 0 Å². The van der Waals surface area contributed by atoms with Crippen LogP contribution in [-0.4, -0.2) is 43.1 Å². The van der Waals surface area contributed by atoms with Crippen molar-refractivity contribution >= 4 is 10.0 Å². The van der Waals surface area contributed by atoms with Crippen LogP contribution in [0.3, 0.4) is 0 Å². The van der Waals surface area contributed by atoms with Gasteiger partial charge in [-0.15, -0.1) is 0 Å². The second-order valence-corrected chi connectivity index (χ2v) is 6.76. The summed E-state index contributed by atoms with van der Waals surface area (Å²) in [7, 11) is -3.09. The predicted octanol–water partition coefficient (Wildman–Crippen LogP) is 0.407. The molecule has 0 amide bonds. The van der Waals surface area contributed by atoms with E-state index in [1.54, 1.807) is 18.2 Å². The summed E-state index contributed by atoms with van der Waals surface area (Å²) >= 11 is 0. The summed E-state index contributed by atoms with van der Waals surface area (Å²) in [5, 5.41) is 2.94. The number of rotatable bonds is 2. The molecule has 1 aliphatic rings. The minimum absolute atomic E-state index is 0.0681. The number of nitrogens with one attached hydrogen (secondary N) is 1. The summed E-state index contributed by atoms with van der Waals surface area (Å²) in [4.78, 5) is 0. The van der Waals surface area contributed by atoms with Gasteiger partial charge >= 0.3 is 0 Å². The fourth-order valence-electron chi connectivity index (χ4n) is 1.61. The third-order valence-corrected chi connectivity index (χ3v) is 4.98.